The SMILES string of the molecule is CCCCOc1nc(N)c2[nH]c(=O)n(CCCN(Cc3cccc(CC(=O)OC)c3)C3CCN(CC(=O)O)CC3)c2n1. The number of hydrogen-bond donors (Lipinski definition) is 3. The number of ether oxygens (including phenoxy) is 2. The molecular formula is C29H41N7O6. The number of hydrogen-bond acceptors (Lipinski definition) is 10. The van der Waals surface area contributed by atoms with Gasteiger partial charge < -0.3 is 25.3 Å². The molecule has 0 atom stereocenters. The van der Waals surface area contributed by atoms with Gasteiger partial charge in [0.05, 0.1) is 26.7 Å². The molecule has 4 N–H and O–H groups in total. The molecule has 0 saturated carbocycles. The summed E-state index contributed by atoms with van der Waals surface area (Å²) in [6, 6.07) is 8.31. The quantitative estimate of drug-likeness (QED) is 0.177. The minimum Gasteiger partial charge on any atom is -0.480 e. The summed E-state index contributed by atoms with van der Waals surface area (Å²) in [5.74, 6) is -0.938. The molecule has 1 aliphatic rings. The summed E-state index contributed by atoms with van der Waals surface area (Å²) in [5, 5.41) is 9.19. The number of carbonyl (C=O) groups excluding carboxylic acids is 1. The van der Waals surface area contributed by atoms with Gasteiger partial charge in [0.25, 0.3) is 0 Å². The van der Waals surface area contributed by atoms with Gasteiger partial charge in [-0.05, 0) is 36.8 Å². The largest absolute Gasteiger partial charge is 0.480 e. The second-order valence-corrected chi connectivity index (χ2v) is 10.7. The first-order chi connectivity index (χ1) is 20.3. The Labute approximate surface area is 244 Å². The number of aryl methyl sites for hydroxylation is 1. The average molecular weight is 584 g/mol. The van der Waals surface area contributed by atoms with Crippen molar-refractivity contribution in [3.63, 3.8) is 0 Å². The van der Waals surface area contributed by atoms with Crippen LogP contribution >= 0.6 is 0 Å². The molecule has 0 bridgehead atoms. The van der Waals surface area contributed by atoms with Gasteiger partial charge in [0.2, 0.25) is 0 Å². The van der Waals surface area contributed by atoms with Gasteiger partial charge in [0.15, 0.2) is 11.5 Å². The highest BCUT2D eigenvalue weighted by atomic mass is 16.5. The standard InChI is InChI=1S/C29H41N7O6/c1-3-4-15-42-28-32-26(30)25-27(33-28)36(29(40)31-25)12-6-11-35(22-9-13-34(14-10-22)19-23(37)38)18-21-8-5-7-20(16-21)17-24(39)41-2/h5,7-8,16,22H,3-4,6,9-15,17-19H2,1-2H3,(H,31,40)(H,37,38)(H2,30,32,33). The van der Waals surface area contributed by atoms with Crippen molar-refractivity contribution in [2.75, 3.05) is 45.6 Å². The number of benzene rings is 1. The molecule has 13 nitrogen and oxygen atoms in total. The number of aromatic amines is 1. The number of unbranched alkanes of at least 4 members (excludes halogenated alkanes) is 1. The Morgan fingerprint density at radius 3 is 2.67 bits per heavy atom. The van der Waals surface area contributed by atoms with Crippen molar-refractivity contribution in [1.82, 2.24) is 29.3 Å². The van der Waals surface area contributed by atoms with E-state index >= 15 is 0 Å². The number of imidazole rings is 1. The number of carboxylic acid groups (broad SMARTS) is 1. The number of methoxy groups -OCH3 is 1. The minimum atomic E-state index is -0.819. The van der Waals surface area contributed by atoms with E-state index in [0.29, 0.717) is 56.9 Å². The molecule has 13 heteroatoms. The van der Waals surface area contributed by atoms with E-state index in [0.717, 1.165) is 36.8 Å². The fourth-order valence-electron chi connectivity index (χ4n) is 5.38. The Morgan fingerprint density at radius 2 is 1.95 bits per heavy atom. The highest BCUT2D eigenvalue weighted by Crippen LogP contribution is 2.22. The van der Waals surface area contributed by atoms with Crippen LogP contribution in [0.25, 0.3) is 11.2 Å². The number of nitrogen functional groups attached to an aromatic ring is 1. The number of nitrogens with two attached hydrogens (primary N) is 1. The van der Waals surface area contributed by atoms with Crippen LogP contribution < -0.4 is 16.2 Å². The van der Waals surface area contributed by atoms with Crippen LogP contribution in [0.4, 0.5) is 5.82 Å². The Morgan fingerprint density at radius 1 is 1.19 bits per heavy atom. The van der Waals surface area contributed by atoms with Crippen molar-refractivity contribution in [3.05, 3.63) is 45.9 Å². The van der Waals surface area contributed by atoms with E-state index in [4.69, 9.17) is 15.2 Å². The highest BCUT2D eigenvalue weighted by Gasteiger charge is 2.26. The van der Waals surface area contributed by atoms with Crippen LogP contribution in [-0.4, -0.2) is 92.3 Å². The van der Waals surface area contributed by atoms with Crippen molar-refractivity contribution in [2.45, 2.75) is 64.6 Å². The Balaban J connectivity index is 1.49. The van der Waals surface area contributed by atoms with E-state index < -0.39 is 5.97 Å². The Kier molecular flexibility index (Phi) is 10.9. The first-order valence-electron chi connectivity index (χ1n) is 14.5. The van der Waals surface area contributed by atoms with Crippen molar-refractivity contribution in [1.29, 1.82) is 0 Å². The summed E-state index contributed by atoms with van der Waals surface area (Å²) in [4.78, 5) is 51.6. The predicted molar refractivity (Wildman–Crippen MR) is 157 cm³/mol. The summed E-state index contributed by atoms with van der Waals surface area (Å²) in [6.45, 7) is 5.76. The van der Waals surface area contributed by atoms with E-state index in [1.54, 1.807) is 4.57 Å². The lowest BCUT2D eigenvalue weighted by Crippen LogP contribution is -2.46. The summed E-state index contributed by atoms with van der Waals surface area (Å²) >= 11 is 0. The zero-order chi connectivity index (χ0) is 30.1. The van der Waals surface area contributed by atoms with Crippen LogP contribution in [0.1, 0.15) is 50.2 Å². The number of fused-ring (bicyclic) bond motifs is 1. The topological polar surface area (TPSA) is 169 Å². The number of rotatable bonds is 15. The van der Waals surface area contributed by atoms with Gasteiger partial charge in [0, 0.05) is 38.8 Å². The van der Waals surface area contributed by atoms with Gasteiger partial charge in [-0.25, -0.2) is 4.79 Å². The molecule has 3 aromatic rings. The fourth-order valence-corrected chi connectivity index (χ4v) is 5.38. The van der Waals surface area contributed by atoms with Crippen LogP contribution in [0.3, 0.4) is 0 Å². The highest BCUT2D eigenvalue weighted by molar-refractivity contribution is 5.81. The molecule has 1 saturated heterocycles. The maximum absolute atomic E-state index is 12.8. The van der Waals surface area contributed by atoms with Gasteiger partial charge in [-0.2, -0.15) is 9.97 Å². The smallest absolute Gasteiger partial charge is 0.327 e. The summed E-state index contributed by atoms with van der Waals surface area (Å²) in [7, 11) is 1.38. The first kappa shape index (κ1) is 31.0. The molecule has 1 aromatic carbocycles. The third-order valence-electron chi connectivity index (χ3n) is 7.57. The molecule has 228 valence electrons. The number of anilines is 1. The molecular weight excluding hydrogens is 542 g/mol. The number of aromatic nitrogens is 4. The zero-order valence-electron chi connectivity index (χ0n) is 24.4. The monoisotopic (exact) mass is 583 g/mol. The summed E-state index contributed by atoms with van der Waals surface area (Å²) in [5.41, 5.74) is 8.57. The van der Waals surface area contributed by atoms with Gasteiger partial charge in [-0.15, -0.1) is 0 Å². The van der Waals surface area contributed by atoms with Crippen LogP contribution in [0.15, 0.2) is 29.1 Å². The van der Waals surface area contributed by atoms with Crippen molar-refractivity contribution in [3.8, 4) is 6.01 Å². The van der Waals surface area contributed by atoms with E-state index in [1.165, 1.54) is 7.11 Å². The maximum Gasteiger partial charge on any atom is 0.327 e. The number of nitrogens with one attached hydrogen (secondary N) is 1. The molecule has 0 aliphatic carbocycles. The zero-order valence-corrected chi connectivity index (χ0v) is 24.4. The van der Waals surface area contributed by atoms with Crippen LogP contribution in [0.2, 0.25) is 0 Å². The van der Waals surface area contributed by atoms with E-state index in [9.17, 15) is 19.5 Å². The number of aliphatic carboxylic acids is 1. The number of H-pyrrole nitrogens is 1. The molecule has 3 heterocycles. The third-order valence-corrected chi connectivity index (χ3v) is 7.57. The maximum atomic E-state index is 12.8. The van der Waals surface area contributed by atoms with Crippen LogP contribution in [0, 0.1) is 0 Å². The molecule has 0 unspecified atom stereocenters. The third kappa shape index (κ3) is 8.29. The molecule has 0 radical (unpaired) electrons. The van der Waals surface area contributed by atoms with Crippen LogP contribution in [-0.2, 0) is 33.8 Å². The molecule has 0 spiro atoms. The molecule has 0 amide bonds. The number of carbonyl (C=O) groups is 2. The lowest BCUT2D eigenvalue weighted by Gasteiger charge is -2.38. The number of piperidine rings is 1. The number of likely N-dealkylation sites (tertiary alicyclic amines) is 1. The second-order valence-electron chi connectivity index (χ2n) is 10.7. The van der Waals surface area contributed by atoms with Gasteiger partial charge in [-0.3, -0.25) is 24.0 Å². The number of carboxylic acids is 1. The predicted octanol–water partition coefficient (Wildman–Crippen LogP) is 2.04. The van der Waals surface area contributed by atoms with Gasteiger partial charge in [0.1, 0.15) is 5.52 Å². The summed E-state index contributed by atoms with van der Waals surface area (Å²) in [6.07, 6.45) is 4.38. The molecule has 42 heavy (non-hydrogen) atoms. The van der Waals surface area contributed by atoms with Crippen molar-refractivity contribution in [2.24, 2.45) is 0 Å². The Bertz CT molecular complexity index is 1410. The lowest BCUT2D eigenvalue weighted by atomic mass is 10.0. The Hall–Kier alpha value is -3.97. The normalized spacial score (nSPS) is 14.5. The minimum absolute atomic E-state index is 0.0426. The van der Waals surface area contributed by atoms with Gasteiger partial charge >= 0.3 is 23.6 Å². The van der Waals surface area contributed by atoms with Crippen molar-refractivity contribution >= 4 is 28.9 Å². The van der Waals surface area contributed by atoms with E-state index in [2.05, 4.69) is 26.8 Å². The van der Waals surface area contributed by atoms with Gasteiger partial charge in [-0.1, -0.05) is 37.6 Å². The molecule has 1 fully saturated rings. The van der Waals surface area contributed by atoms with E-state index in [-0.39, 0.29) is 42.5 Å². The van der Waals surface area contributed by atoms with Crippen LogP contribution in [0.5, 0.6) is 6.01 Å². The number of nitrogens with zero attached hydrogens (tertiary/aromatic N) is 5. The fraction of sp³-hybridized carbons (Fsp3) is 0.552. The second kappa shape index (κ2) is 14.8. The lowest BCUT2D eigenvalue weighted by molar-refractivity contribution is -0.140. The molecule has 4 rings (SSSR count). The molecule has 2 aromatic heterocycles. The molecule has 1 aliphatic heterocycles. The van der Waals surface area contributed by atoms with E-state index in [1.807, 2.05) is 29.2 Å². The first-order valence-corrected chi connectivity index (χ1v) is 14.5. The average Bonchev–Trinajstić information content (AvgIpc) is 3.28. The number of esters is 1. The van der Waals surface area contributed by atoms with Crippen molar-refractivity contribution < 1.29 is 24.2 Å². The summed E-state index contributed by atoms with van der Waals surface area (Å²) < 4.78 is 12.1.